The number of nitrogens with zero attached hydrogens (tertiary/aromatic N) is 1. The van der Waals surface area contributed by atoms with Crippen LogP contribution in [0.25, 0.3) is 0 Å². The van der Waals surface area contributed by atoms with Crippen molar-refractivity contribution in [3.05, 3.63) is 0 Å². The van der Waals surface area contributed by atoms with Crippen molar-refractivity contribution < 1.29 is 0 Å². The third kappa shape index (κ3) is 2.68. The zero-order chi connectivity index (χ0) is 12.5. The Bertz CT molecular complexity index is 241. The SMILES string of the molecule is CC(C)N1CCCC1CC1(C(C)C)CCCN1. The summed E-state index contributed by atoms with van der Waals surface area (Å²) in [6.45, 7) is 12.0. The van der Waals surface area contributed by atoms with E-state index in [9.17, 15) is 0 Å². The van der Waals surface area contributed by atoms with Gasteiger partial charge in [-0.05, 0) is 65.0 Å². The smallest absolute Gasteiger partial charge is 0.0219 e. The number of hydrogen-bond acceptors (Lipinski definition) is 2. The van der Waals surface area contributed by atoms with Crippen LogP contribution in [0.5, 0.6) is 0 Å². The van der Waals surface area contributed by atoms with Gasteiger partial charge in [0.15, 0.2) is 0 Å². The highest BCUT2D eigenvalue weighted by molar-refractivity contribution is 5.00. The molecule has 0 aromatic carbocycles. The van der Waals surface area contributed by atoms with Gasteiger partial charge in [0.05, 0.1) is 0 Å². The lowest BCUT2D eigenvalue weighted by molar-refractivity contribution is 0.137. The maximum absolute atomic E-state index is 3.83. The summed E-state index contributed by atoms with van der Waals surface area (Å²) in [5.41, 5.74) is 0.433. The Morgan fingerprint density at radius 1 is 1.24 bits per heavy atom. The molecule has 2 unspecified atom stereocenters. The maximum atomic E-state index is 3.83. The minimum Gasteiger partial charge on any atom is -0.311 e. The quantitative estimate of drug-likeness (QED) is 0.810. The molecule has 2 heteroatoms. The zero-order valence-corrected chi connectivity index (χ0v) is 12.1. The van der Waals surface area contributed by atoms with Crippen molar-refractivity contribution in [3.8, 4) is 0 Å². The summed E-state index contributed by atoms with van der Waals surface area (Å²) in [6, 6.07) is 1.54. The Balaban J connectivity index is 2.03. The lowest BCUT2D eigenvalue weighted by Crippen LogP contribution is -2.50. The standard InChI is InChI=1S/C15H30N2/c1-12(2)15(8-6-9-16-15)11-14-7-5-10-17(14)13(3)4/h12-14,16H,5-11H2,1-4H3. The Morgan fingerprint density at radius 2 is 2.00 bits per heavy atom. The average Bonchev–Trinajstić information content (AvgIpc) is 2.87. The molecule has 2 fully saturated rings. The fourth-order valence-corrected chi connectivity index (χ4v) is 3.91. The predicted molar refractivity (Wildman–Crippen MR) is 74.3 cm³/mol. The Morgan fingerprint density at radius 3 is 2.53 bits per heavy atom. The molecule has 0 spiro atoms. The van der Waals surface area contributed by atoms with E-state index in [2.05, 4.69) is 37.9 Å². The summed E-state index contributed by atoms with van der Waals surface area (Å²) in [4.78, 5) is 2.73. The van der Waals surface area contributed by atoms with Gasteiger partial charge in [-0.25, -0.2) is 0 Å². The van der Waals surface area contributed by atoms with Crippen molar-refractivity contribution in [2.45, 2.75) is 77.4 Å². The predicted octanol–water partition coefficient (Wildman–Crippen LogP) is 3.03. The highest BCUT2D eigenvalue weighted by Crippen LogP contribution is 2.36. The van der Waals surface area contributed by atoms with Gasteiger partial charge in [0.1, 0.15) is 0 Å². The average molecular weight is 238 g/mol. The molecule has 17 heavy (non-hydrogen) atoms. The first kappa shape index (κ1) is 13.4. The van der Waals surface area contributed by atoms with Gasteiger partial charge in [-0.3, -0.25) is 4.90 Å². The van der Waals surface area contributed by atoms with E-state index >= 15 is 0 Å². The van der Waals surface area contributed by atoms with E-state index in [4.69, 9.17) is 0 Å². The van der Waals surface area contributed by atoms with Gasteiger partial charge in [0.25, 0.3) is 0 Å². The summed E-state index contributed by atoms with van der Waals surface area (Å²) in [5.74, 6) is 0.764. The van der Waals surface area contributed by atoms with Crippen molar-refractivity contribution in [1.29, 1.82) is 0 Å². The molecule has 2 aliphatic heterocycles. The van der Waals surface area contributed by atoms with Crippen LogP contribution in [0.3, 0.4) is 0 Å². The van der Waals surface area contributed by atoms with Crippen molar-refractivity contribution in [1.82, 2.24) is 10.2 Å². The number of hydrogen-bond donors (Lipinski definition) is 1. The van der Waals surface area contributed by atoms with Crippen LogP contribution in [0.4, 0.5) is 0 Å². The fraction of sp³-hybridized carbons (Fsp3) is 1.00. The van der Waals surface area contributed by atoms with Crippen molar-refractivity contribution in [2.75, 3.05) is 13.1 Å². The molecule has 100 valence electrons. The van der Waals surface area contributed by atoms with Crippen LogP contribution in [0.1, 0.15) is 59.8 Å². The molecule has 0 bridgehead atoms. The van der Waals surface area contributed by atoms with Crippen LogP contribution in [-0.4, -0.2) is 35.6 Å². The third-order valence-electron chi connectivity index (χ3n) is 5.07. The van der Waals surface area contributed by atoms with Gasteiger partial charge in [-0.15, -0.1) is 0 Å². The molecule has 0 radical (unpaired) electrons. The molecule has 0 aromatic rings. The first-order chi connectivity index (χ1) is 8.05. The van der Waals surface area contributed by atoms with E-state index < -0.39 is 0 Å². The minimum absolute atomic E-state index is 0.433. The molecule has 0 aromatic heterocycles. The Labute approximate surface area is 107 Å². The summed E-state index contributed by atoms with van der Waals surface area (Å²) in [5, 5.41) is 3.83. The van der Waals surface area contributed by atoms with Crippen molar-refractivity contribution in [2.24, 2.45) is 5.92 Å². The molecule has 2 rings (SSSR count). The molecule has 2 atom stereocenters. The van der Waals surface area contributed by atoms with Crippen LogP contribution in [0.2, 0.25) is 0 Å². The Kier molecular flexibility index (Phi) is 4.14. The van der Waals surface area contributed by atoms with Gasteiger partial charge in [-0.1, -0.05) is 13.8 Å². The third-order valence-corrected chi connectivity index (χ3v) is 5.07. The van der Waals surface area contributed by atoms with Crippen molar-refractivity contribution in [3.63, 3.8) is 0 Å². The largest absolute Gasteiger partial charge is 0.311 e. The van der Waals surface area contributed by atoms with Gasteiger partial charge in [0.2, 0.25) is 0 Å². The Hall–Kier alpha value is -0.0800. The normalized spacial score (nSPS) is 35.3. The van der Waals surface area contributed by atoms with E-state index in [0.29, 0.717) is 11.6 Å². The molecule has 0 aliphatic carbocycles. The van der Waals surface area contributed by atoms with Crippen LogP contribution < -0.4 is 5.32 Å². The first-order valence-corrected chi connectivity index (χ1v) is 7.56. The van der Waals surface area contributed by atoms with E-state index in [0.717, 1.165) is 12.0 Å². The topological polar surface area (TPSA) is 15.3 Å². The minimum atomic E-state index is 0.433. The maximum Gasteiger partial charge on any atom is 0.0219 e. The van der Waals surface area contributed by atoms with Gasteiger partial charge >= 0.3 is 0 Å². The zero-order valence-electron chi connectivity index (χ0n) is 12.1. The van der Waals surface area contributed by atoms with Crippen molar-refractivity contribution >= 4 is 0 Å². The summed E-state index contributed by atoms with van der Waals surface area (Å²) in [7, 11) is 0. The van der Waals surface area contributed by atoms with E-state index in [1.54, 1.807) is 0 Å². The molecule has 2 nitrogen and oxygen atoms in total. The van der Waals surface area contributed by atoms with Gasteiger partial charge < -0.3 is 5.32 Å². The second kappa shape index (κ2) is 5.27. The molecule has 2 heterocycles. The van der Waals surface area contributed by atoms with Crippen LogP contribution >= 0.6 is 0 Å². The number of nitrogens with one attached hydrogen (secondary N) is 1. The lowest BCUT2D eigenvalue weighted by atomic mass is 9.79. The van der Waals surface area contributed by atoms with E-state index in [1.807, 2.05) is 0 Å². The summed E-state index contributed by atoms with van der Waals surface area (Å²) >= 11 is 0. The second-order valence-corrected chi connectivity index (χ2v) is 6.67. The van der Waals surface area contributed by atoms with E-state index in [-0.39, 0.29) is 0 Å². The van der Waals surface area contributed by atoms with Crippen LogP contribution in [-0.2, 0) is 0 Å². The monoisotopic (exact) mass is 238 g/mol. The molecule has 0 saturated carbocycles. The number of rotatable bonds is 4. The lowest BCUT2D eigenvalue weighted by Gasteiger charge is -2.40. The number of likely N-dealkylation sites (tertiary alicyclic amines) is 1. The van der Waals surface area contributed by atoms with E-state index in [1.165, 1.54) is 45.2 Å². The van der Waals surface area contributed by atoms with Gasteiger partial charge in [-0.2, -0.15) is 0 Å². The van der Waals surface area contributed by atoms with Gasteiger partial charge in [0, 0.05) is 17.6 Å². The highest BCUT2D eigenvalue weighted by Gasteiger charge is 2.41. The molecular formula is C15H30N2. The highest BCUT2D eigenvalue weighted by atomic mass is 15.2. The molecule has 2 aliphatic rings. The van der Waals surface area contributed by atoms with Crippen LogP contribution in [0.15, 0.2) is 0 Å². The molecule has 0 amide bonds. The summed E-state index contributed by atoms with van der Waals surface area (Å²) in [6.07, 6.45) is 6.92. The second-order valence-electron chi connectivity index (χ2n) is 6.67. The molecule has 1 N–H and O–H groups in total. The molecule has 2 saturated heterocycles. The first-order valence-electron chi connectivity index (χ1n) is 7.56. The molecular weight excluding hydrogens is 208 g/mol. The fourth-order valence-electron chi connectivity index (χ4n) is 3.91. The van der Waals surface area contributed by atoms with Crippen LogP contribution in [0, 0.1) is 5.92 Å². The summed E-state index contributed by atoms with van der Waals surface area (Å²) < 4.78 is 0.